The van der Waals surface area contributed by atoms with E-state index < -0.39 is 5.63 Å². The number of nitrogens with one attached hydrogen (secondary N) is 1. The van der Waals surface area contributed by atoms with Crippen LogP contribution in [0.5, 0.6) is 0 Å². The van der Waals surface area contributed by atoms with Crippen molar-refractivity contribution in [1.82, 2.24) is 10.3 Å². The third kappa shape index (κ3) is 2.62. The van der Waals surface area contributed by atoms with Crippen molar-refractivity contribution in [2.24, 2.45) is 0 Å². The third-order valence-electron chi connectivity index (χ3n) is 2.63. The molecule has 2 aromatic rings. The molecule has 0 aromatic carbocycles. The summed E-state index contributed by atoms with van der Waals surface area (Å²) in [5.41, 5.74) is 0.299. The normalized spacial score (nSPS) is 10.0. The number of hydrogen-bond acceptors (Lipinski definition) is 4. The lowest BCUT2D eigenvalue weighted by Crippen LogP contribution is -2.37. The van der Waals surface area contributed by atoms with Gasteiger partial charge in [0.2, 0.25) is 0 Å². The highest BCUT2D eigenvalue weighted by atomic mass is 16.4. The molecule has 0 fully saturated rings. The van der Waals surface area contributed by atoms with E-state index in [1.54, 1.807) is 36.7 Å². The highest BCUT2D eigenvalue weighted by Gasteiger charge is 2.14. The van der Waals surface area contributed by atoms with Crippen LogP contribution in [0.15, 0.2) is 45.9 Å². The van der Waals surface area contributed by atoms with Crippen LogP contribution in [0.25, 0.3) is 11.3 Å². The molecule has 0 unspecified atom stereocenters. The topological polar surface area (TPSA) is 75.4 Å². The standard InChI is InChI=1S/C13H13N3O3/c1-14-13(18)16(2)10-5-6-11(19-12(10)17)9-4-3-7-15-8-9/h3-8H,1-2H3,(H,14,18). The molecule has 0 bridgehead atoms. The van der Waals surface area contributed by atoms with E-state index in [1.165, 1.54) is 19.0 Å². The number of nitrogens with zero attached hydrogens (tertiary/aromatic N) is 2. The van der Waals surface area contributed by atoms with Crippen molar-refractivity contribution >= 4 is 11.7 Å². The second-order valence-corrected chi connectivity index (χ2v) is 3.83. The predicted molar refractivity (Wildman–Crippen MR) is 71.1 cm³/mol. The van der Waals surface area contributed by atoms with Gasteiger partial charge in [-0.2, -0.15) is 0 Å². The van der Waals surface area contributed by atoms with Crippen LogP contribution in [0.4, 0.5) is 10.5 Å². The van der Waals surface area contributed by atoms with Gasteiger partial charge in [-0.3, -0.25) is 9.88 Å². The van der Waals surface area contributed by atoms with E-state index in [1.807, 2.05) is 0 Å². The quantitative estimate of drug-likeness (QED) is 0.886. The Bertz CT molecular complexity index is 637. The van der Waals surface area contributed by atoms with Gasteiger partial charge in [-0.15, -0.1) is 0 Å². The van der Waals surface area contributed by atoms with Crippen molar-refractivity contribution in [2.45, 2.75) is 0 Å². The lowest BCUT2D eigenvalue weighted by atomic mass is 10.2. The summed E-state index contributed by atoms with van der Waals surface area (Å²) in [5, 5.41) is 2.43. The minimum Gasteiger partial charge on any atom is -0.421 e. The fraction of sp³-hybridized carbons (Fsp3) is 0.154. The molecule has 0 radical (unpaired) electrons. The maximum Gasteiger partial charge on any atom is 0.360 e. The fourth-order valence-electron chi connectivity index (χ4n) is 1.60. The zero-order valence-corrected chi connectivity index (χ0v) is 10.6. The zero-order valence-electron chi connectivity index (χ0n) is 10.6. The molecule has 6 heteroatoms. The van der Waals surface area contributed by atoms with Crippen molar-refractivity contribution < 1.29 is 9.21 Å². The SMILES string of the molecule is CNC(=O)N(C)c1ccc(-c2cccnc2)oc1=O. The molecule has 1 N–H and O–H groups in total. The van der Waals surface area contributed by atoms with Gasteiger partial charge >= 0.3 is 11.7 Å². The van der Waals surface area contributed by atoms with Gasteiger partial charge in [-0.25, -0.2) is 9.59 Å². The first-order valence-electron chi connectivity index (χ1n) is 5.63. The Morgan fingerprint density at radius 2 is 2.16 bits per heavy atom. The molecule has 2 amide bonds. The highest BCUT2D eigenvalue weighted by Crippen LogP contribution is 2.18. The lowest BCUT2D eigenvalue weighted by Gasteiger charge is -2.14. The Kier molecular flexibility index (Phi) is 3.61. The first kappa shape index (κ1) is 12.8. The number of pyridine rings is 1. The molecule has 2 heterocycles. The maximum absolute atomic E-state index is 11.9. The summed E-state index contributed by atoms with van der Waals surface area (Å²) >= 11 is 0. The highest BCUT2D eigenvalue weighted by molar-refractivity contribution is 5.90. The molecule has 98 valence electrons. The molecule has 0 atom stereocenters. The summed E-state index contributed by atoms with van der Waals surface area (Å²) in [6.07, 6.45) is 3.23. The lowest BCUT2D eigenvalue weighted by molar-refractivity contribution is 0.249. The van der Waals surface area contributed by atoms with Crippen molar-refractivity contribution in [3.63, 3.8) is 0 Å². The largest absolute Gasteiger partial charge is 0.421 e. The minimum atomic E-state index is -0.576. The van der Waals surface area contributed by atoms with Crippen LogP contribution >= 0.6 is 0 Å². The number of carbonyl (C=O) groups excluding carboxylic acids is 1. The number of carbonyl (C=O) groups is 1. The van der Waals surface area contributed by atoms with E-state index >= 15 is 0 Å². The second-order valence-electron chi connectivity index (χ2n) is 3.83. The van der Waals surface area contributed by atoms with E-state index in [0.29, 0.717) is 11.3 Å². The Morgan fingerprint density at radius 3 is 2.74 bits per heavy atom. The van der Waals surface area contributed by atoms with Crippen molar-refractivity contribution in [3.8, 4) is 11.3 Å². The molecule has 2 aromatic heterocycles. The van der Waals surface area contributed by atoms with Gasteiger partial charge in [-0.05, 0) is 24.3 Å². The molecule has 0 saturated heterocycles. The molecule has 6 nitrogen and oxygen atoms in total. The van der Waals surface area contributed by atoms with Gasteiger partial charge in [0, 0.05) is 32.1 Å². The average molecular weight is 259 g/mol. The molecule has 0 spiro atoms. The molecular weight excluding hydrogens is 246 g/mol. The molecule has 2 rings (SSSR count). The zero-order chi connectivity index (χ0) is 13.8. The molecule has 0 aliphatic rings. The predicted octanol–water partition coefficient (Wildman–Crippen LogP) is 1.48. The van der Waals surface area contributed by atoms with Gasteiger partial charge in [-0.1, -0.05) is 0 Å². The molecule has 0 aliphatic carbocycles. The summed E-state index contributed by atoms with van der Waals surface area (Å²) in [5.74, 6) is 0.409. The Balaban J connectivity index is 2.38. The number of anilines is 1. The maximum atomic E-state index is 11.9. The summed E-state index contributed by atoms with van der Waals surface area (Å²) in [6.45, 7) is 0. The average Bonchev–Trinajstić information content (AvgIpc) is 2.46. The van der Waals surface area contributed by atoms with Crippen LogP contribution in [-0.4, -0.2) is 25.1 Å². The summed E-state index contributed by atoms with van der Waals surface area (Å²) in [6, 6.07) is 6.32. The summed E-state index contributed by atoms with van der Waals surface area (Å²) in [7, 11) is 2.99. The third-order valence-corrected chi connectivity index (χ3v) is 2.63. The Hall–Kier alpha value is -2.63. The van der Waals surface area contributed by atoms with Crippen molar-refractivity contribution in [3.05, 3.63) is 47.1 Å². The molecule has 19 heavy (non-hydrogen) atoms. The minimum absolute atomic E-state index is 0.173. The first-order valence-corrected chi connectivity index (χ1v) is 5.63. The fourth-order valence-corrected chi connectivity index (χ4v) is 1.60. The second kappa shape index (κ2) is 5.34. The van der Waals surface area contributed by atoms with Gasteiger partial charge < -0.3 is 9.73 Å². The number of urea groups is 1. The van der Waals surface area contributed by atoms with E-state index in [-0.39, 0.29) is 11.7 Å². The monoisotopic (exact) mass is 259 g/mol. The van der Waals surface area contributed by atoms with Gasteiger partial charge in [0.15, 0.2) is 0 Å². The number of hydrogen-bond donors (Lipinski definition) is 1. The first-order chi connectivity index (χ1) is 9.13. The van der Waals surface area contributed by atoms with Crippen molar-refractivity contribution in [1.29, 1.82) is 0 Å². The van der Waals surface area contributed by atoms with Gasteiger partial charge in [0.1, 0.15) is 11.4 Å². The number of rotatable bonds is 2. The Morgan fingerprint density at radius 1 is 1.37 bits per heavy atom. The Labute approximate surface area is 109 Å². The van der Waals surface area contributed by atoms with Crippen LogP contribution in [-0.2, 0) is 0 Å². The summed E-state index contributed by atoms with van der Waals surface area (Å²) < 4.78 is 5.19. The van der Waals surface area contributed by atoms with Crippen LogP contribution in [0, 0.1) is 0 Å². The molecule has 0 saturated carbocycles. The van der Waals surface area contributed by atoms with Crippen LogP contribution in [0.2, 0.25) is 0 Å². The van der Waals surface area contributed by atoms with E-state index in [0.717, 1.165) is 0 Å². The van der Waals surface area contributed by atoms with Gasteiger partial charge in [0.25, 0.3) is 0 Å². The number of amides is 2. The van der Waals surface area contributed by atoms with E-state index in [2.05, 4.69) is 10.3 Å². The summed E-state index contributed by atoms with van der Waals surface area (Å²) in [4.78, 5) is 28.5. The van der Waals surface area contributed by atoms with E-state index in [9.17, 15) is 9.59 Å². The van der Waals surface area contributed by atoms with Crippen LogP contribution < -0.4 is 15.8 Å². The van der Waals surface area contributed by atoms with Crippen molar-refractivity contribution in [2.75, 3.05) is 19.0 Å². The van der Waals surface area contributed by atoms with Crippen LogP contribution in [0.3, 0.4) is 0 Å². The number of aromatic nitrogens is 1. The van der Waals surface area contributed by atoms with Crippen LogP contribution in [0.1, 0.15) is 0 Å². The molecule has 0 aliphatic heterocycles. The smallest absolute Gasteiger partial charge is 0.360 e. The van der Waals surface area contributed by atoms with Gasteiger partial charge in [0.05, 0.1) is 0 Å². The van der Waals surface area contributed by atoms with E-state index in [4.69, 9.17) is 4.42 Å². The molecular formula is C13H13N3O3.